The number of nitrogens with one attached hydrogen (secondary N) is 2. The molecule has 2 unspecified atom stereocenters. The lowest BCUT2D eigenvalue weighted by Gasteiger charge is -2.28. The highest BCUT2D eigenvalue weighted by Crippen LogP contribution is 2.28. The summed E-state index contributed by atoms with van der Waals surface area (Å²) < 4.78 is 5.71. The molecular weight excluding hydrogens is 242 g/mol. The Morgan fingerprint density at radius 2 is 2.26 bits per heavy atom. The molecule has 5 heteroatoms. The number of para-hydroxylation sites is 2. The number of hydrogen-bond acceptors (Lipinski definition) is 4. The molecule has 0 bridgehead atoms. The highest BCUT2D eigenvalue weighted by atomic mass is 16.5. The molecule has 1 aliphatic heterocycles. The van der Waals surface area contributed by atoms with Crippen molar-refractivity contribution in [3.63, 3.8) is 0 Å². The topological polar surface area (TPSA) is 53.6 Å². The molecule has 1 amide bonds. The van der Waals surface area contributed by atoms with Crippen molar-refractivity contribution in [2.24, 2.45) is 0 Å². The van der Waals surface area contributed by atoms with Gasteiger partial charge in [-0.05, 0) is 33.2 Å². The third kappa shape index (κ3) is 3.61. The van der Waals surface area contributed by atoms with Crippen LogP contribution in [0.25, 0.3) is 0 Å². The Labute approximate surface area is 113 Å². The van der Waals surface area contributed by atoms with Gasteiger partial charge in [0, 0.05) is 12.6 Å². The summed E-state index contributed by atoms with van der Waals surface area (Å²) in [6.45, 7) is 3.29. The van der Waals surface area contributed by atoms with Crippen molar-refractivity contribution < 1.29 is 9.53 Å². The van der Waals surface area contributed by atoms with Crippen LogP contribution in [0.5, 0.6) is 5.75 Å². The molecular formula is C14H21N3O2. The fraction of sp³-hybridized carbons (Fsp3) is 0.500. The second-order valence-corrected chi connectivity index (χ2v) is 5.16. The van der Waals surface area contributed by atoms with Gasteiger partial charge in [0.2, 0.25) is 0 Å². The average Bonchev–Trinajstić information content (AvgIpc) is 2.37. The van der Waals surface area contributed by atoms with E-state index in [1.807, 2.05) is 50.2 Å². The smallest absolute Gasteiger partial charge is 0.263 e. The van der Waals surface area contributed by atoms with Crippen LogP contribution in [-0.4, -0.2) is 50.1 Å². The third-order valence-electron chi connectivity index (χ3n) is 2.95. The molecule has 0 saturated heterocycles. The minimum absolute atomic E-state index is 0.0728. The number of anilines is 1. The zero-order valence-corrected chi connectivity index (χ0v) is 11.6. The predicted molar refractivity (Wildman–Crippen MR) is 75.5 cm³/mol. The fourth-order valence-corrected chi connectivity index (χ4v) is 2.19. The van der Waals surface area contributed by atoms with Crippen LogP contribution in [0.2, 0.25) is 0 Å². The van der Waals surface area contributed by atoms with Crippen molar-refractivity contribution in [2.75, 3.05) is 32.5 Å². The number of nitrogens with zero attached hydrogens (tertiary/aromatic N) is 1. The lowest BCUT2D eigenvalue weighted by molar-refractivity contribution is -0.128. The van der Waals surface area contributed by atoms with Crippen molar-refractivity contribution in [3.8, 4) is 5.75 Å². The maximum Gasteiger partial charge on any atom is 0.263 e. The van der Waals surface area contributed by atoms with E-state index in [1.54, 1.807) is 0 Å². The predicted octanol–water partition coefficient (Wildman–Crippen LogP) is 0.926. The van der Waals surface area contributed by atoms with Gasteiger partial charge in [0.05, 0.1) is 12.2 Å². The molecule has 0 radical (unpaired) electrons. The number of benzene rings is 1. The molecule has 104 valence electrons. The average molecular weight is 263 g/mol. The summed E-state index contributed by atoms with van der Waals surface area (Å²) in [5.74, 6) is 0.658. The van der Waals surface area contributed by atoms with Gasteiger partial charge < -0.3 is 20.3 Å². The number of amides is 1. The summed E-state index contributed by atoms with van der Waals surface area (Å²) in [5.41, 5.74) is 0.938. The second kappa shape index (κ2) is 5.93. The van der Waals surface area contributed by atoms with E-state index in [9.17, 15) is 4.79 Å². The minimum Gasteiger partial charge on any atom is -0.477 e. The Balaban J connectivity index is 1.92. The SMILES string of the molecule is CC(CN(C)C)NC(=O)C1CNc2ccccc2O1. The normalized spacial score (nSPS) is 19.1. The summed E-state index contributed by atoms with van der Waals surface area (Å²) in [7, 11) is 3.97. The molecule has 1 aromatic carbocycles. The van der Waals surface area contributed by atoms with Crippen LogP contribution in [0.15, 0.2) is 24.3 Å². The first-order chi connectivity index (χ1) is 9.06. The minimum atomic E-state index is -0.473. The maximum atomic E-state index is 12.1. The largest absolute Gasteiger partial charge is 0.477 e. The van der Waals surface area contributed by atoms with E-state index < -0.39 is 6.10 Å². The maximum absolute atomic E-state index is 12.1. The molecule has 2 atom stereocenters. The number of ether oxygens (including phenoxy) is 1. The highest BCUT2D eigenvalue weighted by molar-refractivity contribution is 5.83. The Morgan fingerprint density at radius 1 is 1.53 bits per heavy atom. The third-order valence-corrected chi connectivity index (χ3v) is 2.95. The molecule has 1 heterocycles. The highest BCUT2D eigenvalue weighted by Gasteiger charge is 2.26. The van der Waals surface area contributed by atoms with Gasteiger partial charge in [0.15, 0.2) is 6.10 Å². The summed E-state index contributed by atoms with van der Waals surface area (Å²) in [6.07, 6.45) is -0.473. The van der Waals surface area contributed by atoms with E-state index in [0.717, 1.165) is 18.0 Å². The number of carbonyl (C=O) groups excluding carboxylic acids is 1. The van der Waals surface area contributed by atoms with Gasteiger partial charge in [0.1, 0.15) is 5.75 Å². The zero-order chi connectivity index (χ0) is 13.8. The second-order valence-electron chi connectivity index (χ2n) is 5.16. The van der Waals surface area contributed by atoms with Crippen molar-refractivity contribution in [1.82, 2.24) is 10.2 Å². The molecule has 0 aliphatic carbocycles. The molecule has 0 spiro atoms. The Bertz CT molecular complexity index is 448. The van der Waals surface area contributed by atoms with Crippen molar-refractivity contribution >= 4 is 11.6 Å². The molecule has 2 rings (SSSR count). The van der Waals surface area contributed by atoms with Crippen LogP contribution < -0.4 is 15.4 Å². The van der Waals surface area contributed by atoms with Gasteiger partial charge in [-0.15, -0.1) is 0 Å². The Hall–Kier alpha value is -1.75. The number of likely N-dealkylation sites (N-methyl/N-ethyl adjacent to an activating group) is 1. The van der Waals surface area contributed by atoms with Crippen molar-refractivity contribution in [1.29, 1.82) is 0 Å². The number of carbonyl (C=O) groups is 1. The van der Waals surface area contributed by atoms with Gasteiger partial charge in [0.25, 0.3) is 5.91 Å². The first-order valence-corrected chi connectivity index (χ1v) is 6.51. The molecule has 19 heavy (non-hydrogen) atoms. The molecule has 1 aromatic rings. The van der Waals surface area contributed by atoms with E-state index in [1.165, 1.54) is 0 Å². The van der Waals surface area contributed by atoms with Gasteiger partial charge in [-0.25, -0.2) is 0 Å². The lowest BCUT2D eigenvalue weighted by Crippen LogP contribution is -2.49. The molecule has 1 aliphatic rings. The van der Waals surface area contributed by atoms with Crippen LogP contribution in [-0.2, 0) is 4.79 Å². The first-order valence-electron chi connectivity index (χ1n) is 6.51. The van der Waals surface area contributed by atoms with Crippen LogP contribution >= 0.6 is 0 Å². The van der Waals surface area contributed by atoms with E-state index in [0.29, 0.717) is 6.54 Å². The quantitative estimate of drug-likeness (QED) is 0.848. The molecule has 0 fully saturated rings. The van der Waals surface area contributed by atoms with E-state index >= 15 is 0 Å². The van der Waals surface area contributed by atoms with E-state index in [4.69, 9.17) is 4.74 Å². The molecule has 0 saturated carbocycles. The van der Waals surface area contributed by atoms with Crippen LogP contribution in [0.1, 0.15) is 6.92 Å². The molecule has 0 aromatic heterocycles. The Morgan fingerprint density at radius 3 is 3.00 bits per heavy atom. The van der Waals surface area contributed by atoms with Crippen LogP contribution in [0.3, 0.4) is 0 Å². The first kappa shape index (κ1) is 13.7. The van der Waals surface area contributed by atoms with Gasteiger partial charge in [-0.3, -0.25) is 4.79 Å². The van der Waals surface area contributed by atoms with Crippen LogP contribution in [0, 0.1) is 0 Å². The monoisotopic (exact) mass is 263 g/mol. The van der Waals surface area contributed by atoms with E-state index in [-0.39, 0.29) is 11.9 Å². The number of fused-ring (bicyclic) bond motifs is 1. The fourth-order valence-electron chi connectivity index (χ4n) is 2.19. The zero-order valence-electron chi connectivity index (χ0n) is 11.6. The van der Waals surface area contributed by atoms with Gasteiger partial charge in [-0.2, -0.15) is 0 Å². The Kier molecular flexibility index (Phi) is 4.27. The molecule has 2 N–H and O–H groups in total. The number of hydrogen-bond donors (Lipinski definition) is 2. The van der Waals surface area contributed by atoms with Crippen molar-refractivity contribution in [2.45, 2.75) is 19.1 Å². The number of rotatable bonds is 4. The van der Waals surface area contributed by atoms with Crippen LogP contribution in [0.4, 0.5) is 5.69 Å². The van der Waals surface area contributed by atoms with Crippen molar-refractivity contribution in [3.05, 3.63) is 24.3 Å². The lowest BCUT2D eigenvalue weighted by atomic mass is 10.2. The summed E-state index contributed by atoms with van der Waals surface area (Å²) in [4.78, 5) is 14.1. The molecule has 5 nitrogen and oxygen atoms in total. The van der Waals surface area contributed by atoms with Gasteiger partial charge in [-0.1, -0.05) is 12.1 Å². The summed E-state index contributed by atoms with van der Waals surface area (Å²) >= 11 is 0. The summed E-state index contributed by atoms with van der Waals surface area (Å²) in [5, 5.41) is 6.18. The van der Waals surface area contributed by atoms with Gasteiger partial charge >= 0.3 is 0 Å². The summed E-state index contributed by atoms with van der Waals surface area (Å²) in [6, 6.07) is 7.75. The van der Waals surface area contributed by atoms with E-state index in [2.05, 4.69) is 10.6 Å². The standard InChI is InChI=1S/C14H21N3O2/c1-10(9-17(2)3)16-14(18)13-8-15-11-6-4-5-7-12(11)19-13/h4-7,10,13,15H,8-9H2,1-3H3,(H,16,18).